The van der Waals surface area contributed by atoms with Crippen LogP contribution in [0.1, 0.15) is 40.7 Å². The van der Waals surface area contributed by atoms with Gasteiger partial charge in [-0.25, -0.2) is 0 Å². The van der Waals surface area contributed by atoms with Crippen molar-refractivity contribution in [3.8, 4) is 0 Å². The van der Waals surface area contributed by atoms with Gasteiger partial charge >= 0.3 is 0 Å². The highest BCUT2D eigenvalue weighted by Crippen LogP contribution is 2.30. The Hall–Kier alpha value is -1.08. The molecule has 0 fully saturated rings. The zero-order chi connectivity index (χ0) is 12.4. The average molecular weight is 229 g/mol. The van der Waals surface area contributed by atoms with E-state index in [-0.39, 0.29) is 0 Å². The third-order valence-electron chi connectivity index (χ3n) is 3.97. The molecule has 0 unspecified atom stereocenters. The lowest BCUT2D eigenvalue weighted by molar-refractivity contribution is 0.718. The first-order valence-corrected chi connectivity index (χ1v) is 6.58. The third-order valence-corrected chi connectivity index (χ3v) is 3.97. The van der Waals surface area contributed by atoms with Crippen LogP contribution in [0, 0.1) is 27.7 Å². The Balaban J connectivity index is 2.53. The van der Waals surface area contributed by atoms with Crippen molar-refractivity contribution in [3.05, 3.63) is 40.0 Å². The van der Waals surface area contributed by atoms with Gasteiger partial charge in [-0.05, 0) is 87.0 Å². The molecular formula is C16H23N. The van der Waals surface area contributed by atoms with Gasteiger partial charge in [-0.1, -0.05) is 12.1 Å². The maximum atomic E-state index is 3.46. The number of benzene rings is 1. The molecule has 17 heavy (non-hydrogen) atoms. The van der Waals surface area contributed by atoms with E-state index in [4.69, 9.17) is 0 Å². The van der Waals surface area contributed by atoms with Crippen molar-refractivity contribution in [1.29, 1.82) is 0 Å². The van der Waals surface area contributed by atoms with E-state index in [0.717, 1.165) is 25.9 Å². The van der Waals surface area contributed by atoms with Crippen LogP contribution in [0.15, 0.2) is 12.1 Å². The number of rotatable bonds is 1. The summed E-state index contributed by atoms with van der Waals surface area (Å²) in [5.74, 6) is 0. The normalized spacial score (nSPS) is 16.6. The van der Waals surface area contributed by atoms with Crippen LogP contribution in [0.25, 0.3) is 5.57 Å². The van der Waals surface area contributed by atoms with Gasteiger partial charge < -0.3 is 5.32 Å². The lowest BCUT2D eigenvalue weighted by Crippen LogP contribution is -2.14. The van der Waals surface area contributed by atoms with Crippen molar-refractivity contribution in [2.75, 3.05) is 13.1 Å². The van der Waals surface area contributed by atoms with E-state index in [1.165, 1.54) is 33.4 Å². The minimum Gasteiger partial charge on any atom is -0.316 e. The highest BCUT2D eigenvalue weighted by molar-refractivity contribution is 5.73. The van der Waals surface area contributed by atoms with E-state index < -0.39 is 0 Å². The molecule has 1 N–H and O–H groups in total. The van der Waals surface area contributed by atoms with Gasteiger partial charge in [0.05, 0.1) is 0 Å². The maximum Gasteiger partial charge on any atom is -0.000812 e. The summed E-state index contributed by atoms with van der Waals surface area (Å²) >= 11 is 0. The van der Waals surface area contributed by atoms with Gasteiger partial charge in [0.15, 0.2) is 0 Å². The van der Waals surface area contributed by atoms with Crippen LogP contribution in [0.3, 0.4) is 0 Å². The van der Waals surface area contributed by atoms with Gasteiger partial charge in [0, 0.05) is 0 Å². The Morgan fingerprint density at radius 3 is 2.24 bits per heavy atom. The summed E-state index contributed by atoms with van der Waals surface area (Å²) in [6.45, 7) is 11.2. The van der Waals surface area contributed by atoms with Crippen molar-refractivity contribution in [2.24, 2.45) is 0 Å². The summed E-state index contributed by atoms with van der Waals surface area (Å²) < 4.78 is 0. The van der Waals surface area contributed by atoms with Gasteiger partial charge in [-0.2, -0.15) is 0 Å². The van der Waals surface area contributed by atoms with Gasteiger partial charge in [-0.3, -0.25) is 0 Å². The van der Waals surface area contributed by atoms with Crippen molar-refractivity contribution in [3.63, 3.8) is 0 Å². The molecule has 0 atom stereocenters. The molecule has 1 heteroatoms. The highest BCUT2D eigenvalue weighted by Gasteiger charge is 2.13. The number of aryl methyl sites for hydroxylation is 2. The first-order chi connectivity index (χ1) is 8.11. The standard InChI is InChI=1S/C16H23N/c1-11-10-12(2)14(4)16(13(11)3)15-6-5-8-17-9-7-15/h6,10,17H,5,7-9H2,1-4H3. The summed E-state index contributed by atoms with van der Waals surface area (Å²) in [6.07, 6.45) is 4.74. The zero-order valence-electron chi connectivity index (χ0n) is 11.5. The maximum absolute atomic E-state index is 3.46. The second-order valence-electron chi connectivity index (χ2n) is 5.15. The SMILES string of the molecule is Cc1cc(C)c(C)c(C2=CCCNCC2)c1C. The van der Waals surface area contributed by atoms with Crippen LogP contribution in [-0.4, -0.2) is 13.1 Å². The fourth-order valence-corrected chi connectivity index (χ4v) is 2.72. The summed E-state index contributed by atoms with van der Waals surface area (Å²) in [5, 5.41) is 3.46. The predicted octanol–water partition coefficient (Wildman–Crippen LogP) is 3.69. The molecule has 0 aromatic heterocycles. The van der Waals surface area contributed by atoms with Crippen LogP contribution < -0.4 is 5.32 Å². The first kappa shape index (κ1) is 12.4. The van der Waals surface area contributed by atoms with E-state index in [1.54, 1.807) is 0 Å². The van der Waals surface area contributed by atoms with Gasteiger partial charge in [0.1, 0.15) is 0 Å². The van der Waals surface area contributed by atoms with Gasteiger partial charge in [-0.15, -0.1) is 0 Å². The molecule has 0 radical (unpaired) electrons. The molecule has 0 spiro atoms. The van der Waals surface area contributed by atoms with Crippen molar-refractivity contribution >= 4 is 5.57 Å². The predicted molar refractivity (Wildman–Crippen MR) is 75.5 cm³/mol. The number of hydrogen-bond donors (Lipinski definition) is 1. The van der Waals surface area contributed by atoms with Crippen molar-refractivity contribution in [1.82, 2.24) is 5.32 Å². The molecule has 1 aromatic carbocycles. The van der Waals surface area contributed by atoms with E-state index in [2.05, 4.69) is 45.2 Å². The smallest absolute Gasteiger partial charge is 0.000812 e. The van der Waals surface area contributed by atoms with Crippen molar-refractivity contribution in [2.45, 2.75) is 40.5 Å². The molecule has 1 nitrogen and oxygen atoms in total. The molecule has 0 amide bonds. The van der Waals surface area contributed by atoms with Crippen LogP contribution in [-0.2, 0) is 0 Å². The molecule has 92 valence electrons. The lowest BCUT2D eigenvalue weighted by Gasteiger charge is -2.17. The van der Waals surface area contributed by atoms with E-state index in [0.29, 0.717) is 0 Å². The Morgan fingerprint density at radius 1 is 0.941 bits per heavy atom. The Labute approximate surface area is 105 Å². The molecule has 1 aromatic rings. The van der Waals surface area contributed by atoms with Crippen LogP contribution in [0.2, 0.25) is 0 Å². The second-order valence-corrected chi connectivity index (χ2v) is 5.15. The summed E-state index contributed by atoms with van der Waals surface area (Å²) in [7, 11) is 0. The molecule has 1 aliphatic heterocycles. The minimum absolute atomic E-state index is 1.11. The number of hydrogen-bond acceptors (Lipinski definition) is 1. The zero-order valence-corrected chi connectivity index (χ0v) is 11.5. The fourth-order valence-electron chi connectivity index (χ4n) is 2.72. The first-order valence-electron chi connectivity index (χ1n) is 6.58. The summed E-state index contributed by atoms with van der Waals surface area (Å²) in [4.78, 5) is 0. The van der Waals surface area contributed by atoms with E-state index in [9.17, 15) is 0 Å². The number of nitrogens with one attached hydrogen (secondary N) is 1. The Morgan fingerprint density at radius 2 is 1.59 bits per heavy atom. The second kappa shape index (κ2) is 5.05. The molecule has 1 aliphatic rings. The molecule has 0 saturated heterocycles. The summed E-state index contributed by atoms with van der Waals surface area (Å²) in [5.41, 5.74) is 8.80. The largest absolute Gasteiger partial charge is 0.316 e. The monoisotopic (exact) mass is 229 g/mol. The highest BCUT2D eigenvalue weighted by atomic mass is 14.8. The van der Waals surface area contributed by atoms with Crippen LogP contribution >= 0.6 is 0 Å². The molecule has 0 saturated carbocycles. The third kappa shape index (κ3) is 2.44. The Kier molecular flexibility index (Phi) is 3.68. The van der Waals surface area contributed by atoms with Crippen molar-refractivity contribution < 1.29 is 0 Å². The van der Waals surface area contributed by atoms with Crippen LogP contribution in [0.4, 0.5) is 0 Å². The van der Waals surface area contributed by atoms with Crippen LogP contribution in [0.5, 0.6) is 0 Å². The fraction of sp³-hybridized carbons (Fsp3) is 0.500. The average Bonchev–Trinajstić information content (AvgIpc) is 2.56. The molecule has 0 aliphatic carbocycles. The molecular weight excluding hydrogens is 206 g/mol. The van der Waals surface area contributed by atoms with Gasteiger partial charge in [0.2, 0.25) is 0 Å². The van der Waals surface area contributed by atoms with E-state index >= 15 is 0 Å². The molecule has 1 heterocycles. The molecule has 2 rings (SSSR count). The summed E-state index contributed by atoms with van der Waals surface area (Å²) in [6, 6.07) is 2.31. The lowest BCUT2D eigenvalue weighted by atomic mass is 9.88. The Bertz CT molecular complexity index is 429. The molecule has 0 bridgehead atoms. The van der Waals surface area contributed by atoms with E-state index in [1.807, 2.05) is 0 Å². The quantitative estimate of drug-likeness (QED) is 0.774. The minimum atomic E-state index is 1.11. The van der Waals surface area contributed by atoms with Gasteiger partial charge in [0.25, 0.3) is 0 Å². The topological polar surface area (TPSA) is 12.0 Å².